The summed E-state index contributed by atoms with van der Waals surface area (Å²) in [7, 11) is 1.89. The van der Waals surface area contributed by atoms with Crippen molar-refractivity contribution in [1.82, 2.24) is 5.32 Å². The Labute approximate surface area is 93.9 Å². The SMILES string of the molecule is CNC(c1ccco1)c1ccccc1Cl. The monoisotopic (exact) mass is 221 g/mol. The van der Waals surface area contributed by atoms with E-state index in [9.17, 15) is 0 Å². The fraction of sp³-hybridized carbons (Fsp3) is 0.167. The molecule has 2 rings (SSSR count). The Kier molecular flexibility index (Phi) is 3.09. The van der Waals surface area contributed by atoms with Gasteiger partial charge in [0.2, 0.25) is 0 Å². The molecule has 1 unspecified atom stereocenters. The van der Waals surface area contributed by atoms with Crippen LogP contribution in [0.15, 0.2) is 47.1 Å². The zero-order chi connectivity index (χ0) is 10.7. The van der Waals surface area contributed by atoms with Gasteiger partial charge in [-0.3, -0.25) is 0 Å². The van der Waals surface area contributed by atoms with Crippen molar-refractivity contribution in [3.63, 3.8) is 0 Å². The van der Waals surface area contributed by atoms with E-state index in [0.717, 1.165) is 16.3 Å². The number of hydrogen-bond donors (Lipinski definition) is 1. The standard InChI is InChI=1S/C12H12ClNO/c1-14-12(11-7-4-8-15-11)9-5-2-3-6-10(9)13/h2-8,12,14H,1H3. The average Bonchev–Trinajstić information content (AvgIpc) is 2.75. The molecule has 2 nitrogen and oxygen atoms in total. The molecular weight excluding hydrogens is 210 g/mol. The van der Waals surface area contributed by atoms with Gasteiger partial charge in [-0.1, -0.05) is 29.8 Å². The van der Waals surface area contributed by atoms with E-state index in [2.05, 4.69) is 5.32 Å². The quantitative estimate of drug-likeness (QED) is 0.861. The van der Waals surface area contributed by atoms with Gasteiger partial charge in [-0.05, 0) is 30.8 Å². The summed E-state index contributed by atoms with van der Waals surface area (Å²) < 4.78 is 5.37. The summed E-state index contributed by atoms with van der Waals surface area (Å²) in [4.78, 5) is 0. The Hall–Kier alpha value is -1.25. The lowest BCUT2D eigenvalue weighted by Crippen LogP contribution is -2.17. The second-order valence-corrected chi connectivity index (χ2v) is 3.67. The molecule has 2 aromatic rings. The van der Waals surface area contributed by atoms with Gasteiger partial charge in [0.25, 0.3) is 0 Å². The molecule has 0 radical (unpaired) electrons. The van der Waals surface area contributed by atoms with Crippen LogP contribution in [0.3, 0.4) is 0 Å². The summed E-state index contributed by atoms with van der Waals surface area (Å²) >= 11 is 6.13. The van der Waals surface area contributed by atoms with Gasteiger partial charge >= 0.3 is 0 Å². The predicted octanol–water partition coefficient (Wildman–Crippen LogP) is 3.24. The highest BCUT2D eigenvalue weighted by Gasteiger charge is 2.16. The molecule has 0 bridgehead atoms. The first-order chi connectivity index (χ1) is 7.33. The molecule has 0 aliphatic rings. The second-order valence-electron chi connectivity index (χ2n) is 3.26. The molecule has 1 heterocycles. The van der Waals surface area contributed by atoms with E-state index in [0.29, 0.717) is 0 Å². The van der Waals surface area contributed by atoms with E-state index in [4.69, 9.17) is 16.0 Å². The third kappa shape index (κ3) is 2.06. The van der Waals surface area contributed by atoms with E-state index < -0.39 is 0 Å². The van der Waals surface area contributed by atoms with Crippen molar-refractivity contribution in [2.45, 2.75) is 6.04 Å². The number of nitrogens with one attached hydrogen (secondary N) is 1. The highest BCUT2D eigenvalue weighted by Crippen LogP contribution is 2.27. The van der Waals surface area contributed by atoms with Crippen LogP contribution in [0.1, 0.15) is 17.4 Å². The van der Waals surface area contributed by atoms with Crippen LogP contribution in [0, 0.1) is 0 Å². The zero-order valence-corrected chi connectivity index (χ0v) is 9.16. The fourth-order valence-corrected chi connectivity index (χ4v) is 1.86. The molecule has 0 spiro atoms. The van der Waals surface area contributed by atoms with Crippen LogP contribution in [-0.4, -0.2) is 7.05 Å². The van der Waals surface area contributed by atoms with Gasteiger partial charge < -0.3 is 9.73 Å². The average molecular weight is 222 g/mol. The first-order valence-electron chi connectivity index (χ1n) is 4.78. The minimum atomic E-state index is 0.00806. The van der Waals surface area contributed by atoms with E-state index in [1.807, 2.05) is 43.4 Å². The predicted molar refractivity (Wildman–Crippen MR) is 61.1 cm³/mol. The van der Waals surface area contributed by atoms with Crippen LogP contribution in [0.25, 0.3) is 0 Å². The molecule has 0 saturated carbocycles. The van der Waals surface area contributed by atoms with Gasteiger partial charge in [-0.25, -0.2) is 0 Å². The van der Waals surface area contributed by atoms with Crippen LogP contribution in [-0.2, 0) is 0 Å². The first-order valence-corrected chi connectivity index (χ1v) is 5.16. The molecule has 0 fully saturated rings. The summed E-state index contributed by atoms with van der Waals surface area (Å²) in [6.45, 7) is 0. The summed E-state index contributed by atoms with van der Waals surface area (Å²) in [5, 5.41) is 3.93. The van der Waals surface area contributed by atoms with Crippen molar-refractivity contribution < 1.29 is 4.42 Å². The van der Waals surface area contributed by atoms with Crippen LogP contribution in [0.5, 0.6) is 0 Å². The van der Waals surface area contributed by atoms with Gasteiger partial charge in [0.1, 0.15) is 5.76 Å². The highest BCUT2D eigenvalue weighted by atomic mass is 35.5. The van der Waals surface area contributed by atoms with Crippen LogP contribution < -0.4 is 5.32 Å². The smallest absolute Gasteiger partial charge is 0.125 e. The second kappa shape index (κ2) is 4.51. The Morgan fingerprint density at radius 2 is 2.00 bits per heavy atom. The van der Waals surface area contributed by atoms with Crippen LogP contribution in [0.4, 0.5) is 0 Å². The van der Waals surface area contributed by atoms with Crippen molar-refractivity contribution in [2.75, 3.05) is 7.05 Å². The Morgan fingerprint density at radius 3 is 2.60 bits per heavy atom. The third-order valence-electron chi connectivity index (χ3n) is 2.33. The van der Waals surface area contributed by atoms with Crippen LogP contribution >= 0.6 is 11.6 Å². The van der Waals surface area contributed by atoms with Crippen molar-refractivity contribution in [2.24, 2.45) is 0 Å². The number of rotatable bonds is 3. The minimum absolute atomic E-state index is 0.00806. The molecule has 15 heavy (non-hydrogen) atoms. The Balaban J connectivity index is 2.40. The molecule has 0 amide bonds. The number of hydrogen-bond acceptors (Lipinski definition) is 2. The summed E-state index contributed by atoms with van der Waals surface area (Å²) in [6, 6.07) is 11.6. The lowest BCUT2D eigenvalue weighted by molar-refractivity contribution is 0.463. The van der Waals surface area contributed by atoms with E-state index in [1.54, 1.807) is 6.26 Å². The number of halogens is 1. The third-order valence-corrected chi connectivity index (χ3v) is 2.68. The van der Waals surface area contributed by atoms with E-state index >= 15 is 0 Å². The Bertz CT molecular complexity index is 425. The lowest BCUT2D eigenvalue weighted by Gasteiger charge is -2.15. The van der Waals surface area contributed by atoms with Gasteiger partial charge in [-0.2, -0.15) is 0 Å². The van der Waals surface area contributed by atoms with Gasteiger partial charge in [0, 0.05) is 5.02 Å². The molecule has 0 aliphatic carbocycles. The molecule has 3 heteroatoms. The van der Waals surface area contributed by atoms with E-state index in [-0.39, 0.29) is 6.04 Å². The van der Waals surface area contributed by atoms with Gasteiger partial charge in [-0.15, -0.1) is 0 Å². The molecular formula is C12H12ClNO. The van der Waals surface area contributed by atoms with Crippen molar-refractivity contribution in [3.8, 4) is 0 Å². The Morgan fingerprint density at radius 1 is 1.20 bits per heavy atom. The normalized spacial score (nSPS) is 12.7. The highest BCUT2D eigenvalue weighted by molar-refractivity contribution is 6.31. The molecule has 0 saturated heterocycles. The zero-order valence-electron chi connectivity index (χ0n) is 8.41. The maximum atomic E-state index is 6.13. The molecule has 0 aliphatic heterocycles. The van der Waals surface area contributed by atoms with Crippen LogP contribution in [0.2, 0.25) is 5.02 Å². The number of furan rings is 1. The maximum absolute atomic E-state index is 6.13. The minimum Gasteiger partial charge on any atom is -0.467 e. The van der Waals surface area contributed by atoms with Gasteiger partial charge in [0.05, 0.1) is 12.3 Å². The molecule has 1 aromatic heterocycles. The van der Waals surface area contributed by atoms with Crippen molar-refractivity contribution in [1.29, 1.82) is 0 Å². The summed E-state index contributed by atoms with van der Waals surface area (Å²) in [5.74, 6) is 0.866. The number of benzene rings is 1. The van der Waals surface area contributed by atoms with E-state index in [1.165, 1.54) is 0 Å². The van der Waals surface area contributed by atoms with Crippen molar-refractivity contribution in [3.05, 3.63) is 59.0 Å². The van der Waals surface area contributed by atoms with Gasteiger partial charge in [0.15, 0.2) is 0 Å². The molecule has 1 atom stereocenters. The summed E-state index contributed by atoms with van der Waals surface area (Å²) in [6.07, 6.45) is 1.66. The summed E-state index contributed by atoms with van der Waals surface area (Å²) in [5.41, 5.74) is 1.02. The molecule has 1 aromatic carbocycles. The topological polar surface area (TPSA) is 25.2 Å². The maximum Gasteiger partial charge on any atom is 0.125 e. The first kappa shape index (κ1) is 10.3. The fourth-order valence-electron chi connectivity index (χ4n) is 1.62. The lowest BCUT2D eigenvalue weighted by atomic mass is 10.1. The molecule has 78 valence electrons. The molecule has 1 N–H and O–H groups in total. The van der Waals surface area contributed by atoms with Crippen molar-refractivity contribution >= 4 is 11.6 Å². The largest absolute Gasteiger partial charge is 0.467 e.